The molecule has 22 heavy (non-hydrogen) atoms. The van der Waals surface area contributed by atoms with Crippen molar-refractivity contribution in [1.82, 2.24) is 0 Å². The molecule has 1 amide bonds. The Labute approximate surface area is 134 Å². The number of ether oxygens (including phenoxy) is 1. The van der Waals surface area contributed by atoms with Crippen molar-refractivity contribution in [2.24, 2.45) is 0 Å². The minimum absolute atomic E-state index is 0.183. The number of nitrogens with one attached hydrogen (secondary N) is 1. The first-order valence-electron chi connectivity index (χ1n) is 6.88. The van der Waals surface area contributed by atoms with Gasteiger partial charge in [-0.25, -0.2) is 0 Å². The number of anilines is 1. The molecule has 0 radical (unpaired) electrons. The molecular weight excluding hydrogens is 302 g/mol. The van der Waals surface area contributed by atoms with E-state index in [0.29, 0.717) is 28.3 Å². The SMILES string of the molecule is CCc1ccc(NC(=O)COc2ccc(Cl)cc2C=O)cc1. The van der Waals surface area contributed by atoms with Crippen molar-refractivity contribution in [3.63, 3.8) is 0 Å². The first-order valence-corrected chi connectivity index (χ1v) is 7.26. The number of carbonyl (C=O) groups excluding carboxylic acids is 2. The Hall–Kier alpha value is -2.33. The van der Waals surface area contributed by atoms with Crippen LogP contribution >= 0.6 is 11.6 Å². The zero-order valence-corrected chi connectivity index (χ0v) is 12.9. The molecule has 1 N–H and O–H groups in total. The van der Waals surface area contributed by atoms with Gasteiger partial charge in [-0.05, 0) is 42.3 Å². The number of halogens is 1. The molecule has 2 aromatic carbocycles. The predicted octanol–water partition coefficient (Wildman–Crippen LogP) is 3.73. The Bertz CT molecular complexity index is 668. The number of hydrogen-bond acceptors (Lipinski definition) is 3. The van der Waals surface area contributed by atoms with Crippen molar-refractivity contribution in [2.45, 2.75) is 13.3 Å². The summed E-state index contributed by atoms with van der Waals surface area (Å²) in [5.41, 5.74) is 2.22. The van der Waals surface area contributed by atoms with Gasteiger partial charge < -0.3 is 10.1 Å². The minimum atomic E-state index is -0.295. The summed E-state index contributed by atoms with van der Waals surface area (Å²) in [6, 6.07) is 12.3. The van der Waals surface area contributed by atoms with Gasteiger partial charge in [-0.3, -0.25) is 9.59 Å². The molecule has 0 bridgehead atoms. The van der Waals surface area contributed by atoms with E-state index < -0.39 is 0 Å². The summed E-state index contributed by atoms with van der Waals surface area (Å²) in [5, 5.41) is 3.17. The van der Waals surface area contributed by atoms with Crippen molar-refractivity contribution >= 4 is 29.5 Å². The van der Waals surface area contributed by atoms with Crippen LogP contribution in [0.15, 0.2) is 42.5 Å². The lowest BCUT2D eigenvalue weighted by Crippen LogP contribution is -2.20. The van der Waals surface area contributed by atoms with E-state index in [9.17, 15) is 9.59 Å². The molecule has 5 heteroatoms. The summed E-state index contributed by atoms with van der Waals surface area (Å²) >= 11 is 5.80. The maximum absolute atomic E-state index is 11.9. The third-order valence-electron chi connectivity index (χ3n) is 3.10. The molecule has 114 valence electrons. The van der Waals surface area contributed by atoms with E-state index >= 15 is 0 Å². The Kier molecular flexibility index (Phi) is 5.55. The summed E-state index contributed by atoms with van der Waals surface area (Å²) in [6.45, 7) is 1.89. The zero-order valence-electron chi connectivity index (χ0n) is 12.1. The van der Waals surface area contributed by atoms with Gasteiger partial charge in [-0.15, -0.1) is 0 Å². The molecule has 0 heterocycles. The molecule has 0 aromatic heterocycles. The van der Waals surface area contributed by atoms with E-state index in [0.717, 1.165) is 6.42 Å². The van der Waals surface area contributed by atoms with Crippen LogP contribution in [0.25, 0.3) is 0 Å². The monoisotopic (exact) mass is 317 g/mol. The van der Waals surface area contributed by atoms with Gasteiger partial charge in [0, 0.05) is 10.7 Å². The normalized spacial score (nSPS) is 10.1. The number of aryl methyl sites for hydroxylation is 1. The highest BCUT2D eigenvalue weighted by Crippen LogP contribution is 2.21. The van der Waals surface area contributed by atoms with Crippen LogP contribution in [0.3, 0.4) is 0 Å². The van der Waals surface area contributed by atoms with Gasteiger partial charge in [0.25, 0.3) is 5.91 Å². The fourth-order valence-electron chi connectivity index (χ4n) is 1.91. The molecule has 0 saturated carbocycles. The van der Waals surface area contributed by atoms with Crippen LogP contribution in [0.2, 0.25) is 5.02 Å². The average Bonchev–Trinajstić information content (AvgIpc) is 2.54. The summed E-state index contributed by atoms with van der Waals surface area (Å²) in [6.07, 6.45) is 1.59. The first kappa shape index (κ1) is 16.0. The minimum Gasteiger partial charge on any atom is -0.483 e. The Morgan fingerprint density at radius 3 is 2.59 bits per heavy atom. The molecule has 2 aromatic rings. The van der Waals surface area contributed by atoms with Crippen molar-refractivity contribution in [3.8, 4) is 5.75 Å². The van der Waals surface area contributed by atoms with Crippen LogP contribution in [0.4, 0.5) is 5.69 Å². The first-order chi connectivity index (χ1) is 10.6. The quantitative estimate of drug-likeness (QED) is 0.826. The maximum atomic E-state index is 11.9. The van der Waals surface area contributed by atoms with E-state index in [2.05, 4.69) is 12.2 Å². The van der Waals surface area contributed by atoms with Crippen molar-refractivity contribution in [1.29, 1.82) is 0 Å². The Morgan fingerprint density at radius 2 is 1.95 bits per heavy atom. The molecule has 2 rings (SSSR count). The van der Waals surface area contributed by atoms with Crippen molar-refractivity contribution in [2.75, 3.05) is 11.9 Å². The maximum Gasteiger partial charge on any atom is 0.262 e. The second-order valence-electron chi connectivity index (χ2n) is 4.69. The lowest BCUT2D eigenvalue weighted by Gasteiger charge is -2.09. The molecular formula is C17H16ClNO3. The smallest absolute Gasteiger partial charge is 0.262 e. The van der Waals surface area contributed by atoms with Crippen LogP contribution in [0.1, 0.15) is 22.8 Å². The van der Waals surface area contributed by atoms with E-state index in [4.69, 9.17) is 16.3 Å². The van der Waals surface area contributed by atoms with E-state index in [1.54, 1.807) is 12.1 Å². The number of amides is 1. The molecule has 0 aliphatic carbocycles. The summed E-state index contributed by atoms with van der Waals surface area (Å²) in [7, 11) is 0. The highest BCUT2D eigenvalue weighted by atomic mass is 35.5. The van der Waals surface area contributed by atoms with E-state index in [1.165, 1.54) is 11.6 Å². The molecule has 0 fully saturated rings. The standard InChI is InChI=1S/C17H16ClNO3/c1-2-12-3-6-15(7-4-12)19-17(21)11-22-16-8-5-14(18)9-13(16)10-20/h3-10H,2,11H2,1H3,(H,19,21). The number of aldehydes is 1. The average molecular weight is 318 g/mol. The van der Waals surface area contributed by atoms with Crippen LogP contribution in [-0.2, 0) is 11.2 Å². The lowest BCUT2D eigenvalue weighted by atomic mass is 10.1. The van der Waals surface area contributed by atoms with Crippen LogP contribution < -0.4 is 10.1 Å². The van der Waals surface area contributed by atoms with Gasteiger partial charge >= 0.3 is 0 Å². The van der Waals surface area contributed by atoms with Gasteiger partial charge in [0.05, 0.1) is 5.56 Å². The summed E-state index contributed by atoms with van der Waals surface area (Å²) < 4.78 is 5.36. The molecule has 0 saturated heterocycles. The van der Waals surface area contributed by atoms with Gasteiger partial charge in [0.2, 0.25) is 0 Å². The van der Waals surface area contributed by atoms with E-state index in [-0.39, 0.29) is 12.5 Å². The molecule has 0 spiro atoms. The topological polar surface area (TPSA) is 55.4 Å². The van der Waals surface area contributed by atoms with E-state index in [1.807, 2.05) is 24.3 Å². The fourth-order valence-corrected chi connectivity index (χ4v) is 2.09. The van der Waals surface area contributed by atoms with Crippen LogP contribution in [0.5, 0.6) is 5.75 Å². The van der Waals surface area contributed by atoms with Crippen LogP contribution in [0, 0.1) is 0 Å². The second kappa shape index (κ2) is 7.61. The third kappa shape index (κ3) is 4.33. The van der Waals surface area contributed by atoms with Crippen molar-refractivity contribution < 1.29 is 14.3 Å². The molecule has 0 atom stereocenters. The fraction of sp³-hybridized carbons (Fsp3) is 0.176. The molecule has 0 aliphatic heterocycles. The number of carbonyl (C=O) groups is 2. The molecule has 4 nitrogen and oxygen atoms in total. The lowest BCUT2D eigenvalue weighted by molar-refractivity contribution is -0.118. The number of benzene rings is 2. The number of hydrogen-bond donors (Lipinski definition) is 1. The van der Waals surface area contributed by atoms with Gasteiger partial charge in [-0.1, -0.05) is 30.7 Å². The third-order valence-corrected chi connectivity index (χ3v) is 3.34. The molecule has 0 unspecified atom stereocenters. The van der Waals surface area contributed by atoms with Gasteiger partial charge in [0.1, 0.15) is 5.75 Å². The van der Waals surface area contributed by atoms with Gasteiger partial charge in [-0.2, -0.15) is 0 Å². The second-order valence-corrected chi connectivity index (χ2v) is 5.12. The predicted molar refractivity (Wildman–Crippen MR) is 86.8 cm³/mol. The zero-order chi connectivity index (χ0) is 15.9. The Morgan fingerprint density at radius 1 is 1.23 bits per heavy atom. The van der Waals surface area contributed by atoms with Crippen LogP contribution in [-0.4, -0.2) is 18.8 Å². The largest absolute Gasteiger partial charge is 0.483 e. The Balaban J connectivity index is 1.93. The highest BCUT2D eigenvalue weighted by Gasteiger charge is 2.08. The highest BCUT2D eigenvalue weighted by molar-refractivity contribution is 6.30. The number of rotatable bonds is 6. The van der Waals surface area contributed by atoms with Crippen molar-refractivity contribution in [3.05, 3.63) is 58.6 Å². The summed E-state index contributed by atoms with van der Waals surface area (Å²) in [4.78, 5) is 22.8. The summed E-state index contributed by atoms with van der Waals surface area (Å²) in [5.74, 6) is 0.0342. The van der Waals surface area contributed by atoms with Gasteiger partial charge in [0.15, 0.2) is 12.9 Å². The molecule has 0 aliphatic rings.